The quantitative estimate of drug-likeness (QED) is 0.234. The van der Waals surface area contributed by atoms with E-state index in [1.54, 1.807) is 6.21 Å². The van der Waals surface area contributed by atoms with Gasteiger partial charge in [0.2, 0.25) is 0 Å². The first-order valence-corrected chi connectivity index (χ1v) is 12.5. The number of thioether (sulfide) groups is 1. The van der Waals surface area contributed by atoms with Gasteiger partial charge in [-0.3, -0.25) is 4.79 Å². The number of carbonyl (C=O) groups is 1. The van der Waals surface area contributed by atoms with Gasteiger partial charge in [0.25, 0.3) is 5.91 Å². The Balaban J connectivity index is 1.33. The molecule has 0 unspecified atom stereocenters. The summed E-state index contributed by atoms with van der Waals surface area (Å²) in [5.74, 6) is 1.67. The Morgan fingerprint density at radius 3 is 2.21 bits per heavy atom. The van der Waals surface area contributed by atoms with Crippen LogP contribution in [0.2, 0.25) is 0 Å². The summed E-state index contributed by atoms with van der Waals surface area (Å²) in [6.45, 7) is 6.21. The average molecular weight is 468 g/mol. The van der Waals surface area contributed by atoms with Gasteiger partial charge in [-0.05, 0) is 62.2 Å². The standard InChI is InChI=1S/C29H29N3OS/c1-21-9-15-28(16-10-21)32-22(2)17-27(23(32)3)18-30-31-29(33)26-13-11-25(12-14-26)20-34-19-24-7-5-4-6-8-24/h4-18H,19-20H2,1-3H3,(H,31,33)/b30-18-. The molecule has 0 fully saturated rings. The first kappa shape index (κ1) is 23.6. The molecule has 0 saturated carbocycles. The molecule has 3 aromatic carbocycles. The largest absolute Gasteiger partial charge is 0.318 e. The molecule has 0 aliphatic rings. The minimum atomic E-state index is -0.216. The molecule has 0 aliphatic heterocycles. The monoisotopic (exact) mass is 467 g/mol. The lowest BCUT2D eigenvalue weighted by molar-refractivity contribution is 0.0955. The van der Waals surface area contributed by atoms with E-state index in [-0.39, 0.29) is 5.91 Å². The van der Waals surface area contributed by atoms with Gasteiger partial charge in [0, 0.05) is 39.7 Å². The number of benzene rings is 3. The normalized spacial score (nSPS) is 11.1. The van der Waals surface area contributed by atoms with Crippen LogP contribution in [0.4, 0.5) is 0 Å². The number of rotatable bonds is 8. The Hall–Kier alpha value is -3.57. The van der Waals surface area contributed by atoms with Crippen molar-refractivity contribution < 1.29 is 4.79 Å². The lowest BCUT2D eigenvalue weighted by Gasteiger charge is -2.09. The van der Waals surface area contributed by atoms with Crippen LogP contribution in [-0.2, 0) is 11.5 Å². The fraction of sp³-hybridized carbons (Fsp3) is 0.172. The zero-order valence-electron chi connectivity index (χ0n) is 19.8. The van der Waals surface area contributed by atoms with Crippen molar-refractivity contribution in [1.29, 1.82) is 0 Å². The molecule has 0 saturated heterocycles. The van der Waals surface area contributed by atoms with Crippen molar-refractivity contribution in [2.24, 2.45) is 5.10 Å². The molecule has 0 radical (unpaired) electrons. The number of aryl methyl sites for hydroxylation is 2. The molecule has 34 heavy (non-hydrogen) atoms. The van der Waals surface area contributed by atoms with Gasteiger partial charge in [0.05, 0.1) is 6.21 Å². The third kappa shape index (κ3) is 5.86. The van der Waals surface area contributed by atoms with E-state index in [4.69, 9.17) is 0 Å². The summed E-state index contributed by atoms with van der Waals surface area (Å²) in [5, 5.41) is 4.20. The summed E-state index contributed by atoms with van der Waals surface area (Å²) in [7, 11) is 0. The van der Waals surface area contributed by atoms with Gasteiger partial charge in [-0.1, -0.05) is 60.2 Å². The van der Waals surface area contributed by atoms with Gasteiger partial charge in [-0.2, -0.15) is 16.9 Å². The van der Waals surface area contributed by atoms with E-state index < -0.39 is 0 Å². The first-order chi connectivity index (χ1) is 16.5. The zero-order chi connectivity index (χ0) is 23.9. The van der Waals surface area contributed by atoms with Crippen LogP contribution in [0.1, 0.15) is 44.0 Å². The smallest absolute Gasteiger partial charge is 0.271 e. The fourth-order valence-electron chi connectivity index (χ4n) is 3.85. The van der Waals surface area contributed by atoms with E-state index in [0.717, 1.165) is 34.1 Å². The van der Waals surface area contributed by atoms with Crippen LogP contribution in [0.25, 0.3) is 5.69 Å². The zero-order valence-corrected chi connectivity index (χ0v) is 20.6. The van der Waals surface area contributed by atoms with Crippen LogP contribution in [0.15, 0.2) is 90.0 Å². The molecule has 5 heteroatoms. The van der Waals surface area contributed by atoms with Crippen molar-refractivity contribution >= 4 is 23.9 Å². The Bertz CT molecular complexity index is 1270. The van der Waals surface area contributed by atoms with Crippen molar-refractivity contribution in [3.05, 3.63) is 124 Å². The van der Waals surface area contributed by atoms with Gasteiger partial charge in [0.1, 0.15) is 0 Å². The second kappa shape index (κ2) is 11.0. The number of carbonyl (C=O) groups excluding carboxylic acids is 1. The lowest BCUT2D eigenvalue weighted by Crippen LogP contribution is -2.17. The third-order valence-electron chi connectivity index (χ3n) is 5.73. The van der Waals surface area contributed by atoms with E-state index in [0.29, 0.717) is 5.56 Å². The molecule has 4 nitrogen and oxygen atoms in total. The predicted molar refractivity (Wildman–Crippen MR) is 143 cm³/mol. The summed E-state index contributed by atoms with van der Waals surface area (Å²) in [6.07, 6.45) is 1.71. The third-order valence-corrected chi connectivity index (χ3v) is 6.80. The van der Waals surface area contributed by atoms with E-state index >= 15 is 0 Å². The molecule has 1 aromatic heterocycles. The number of nitrogens with one attached hydrogen (secondary N) is 1. The minimum absolute atomic E-state index is 0.216. The van der Waals surface area contributed by atoms with Crippen LogP contribution in [0, 0.1) is 20.8 Å². The van der Waals surface area contributed by atoms with Gasteiger partial charge in [0.15, 0.2) is 0 Å². The van der Waals surface area contributed by atoms with Crippen LogP contribution in [-0.4, -0.2) is 16.7 Å². The SMILES string of the molecule is Cc1ccc(-n2c(C)cc(/C=N\NC(=O)c3ccc(CSCc4ccccc4)cc3)c2C)cc1. The Morgan fingerprint density at radius 1 is 0.882 bits per heavy atom. The number of nitrogens with zero attached hydrogens (tertiary/aromatic N) is 2. The molecular weight excluding hydrogens is 438 g/mol. The number of hydrogen-bond acceptors (Lipinski definition) is 3. The van der Waals surface area contributed by atoms with E-state index in [1.807, 2.05) is 42.1 Å². The van der Waals surface area contributed by atoms with E-state index in [1.165, 1.54) is 16.7 Å². The van der Waals surface area contributed by atoms with Crippen LogP contribution >= 0.6 is 11.8 Å². The summed E-state index contributed by atoms with van der Waals surface area (Å²) < 4.78 is 2.19. The molecule has 0 spiro atoms. The van der Waals surface area contributed by atoms with Crippen LogP contribution in [0.5, 0.6) is 0 Å². The summed E-state index contributed by atoms with van der Waals surface area (Å²) in [5.41, 5.74) is 11.3. The highest BCUT2D eigenvalue weighted by Crippen LogP contribution is 2.20. The van der Waals surface area contributed by atoms with Crippen LogP contribution < -0.4 is 5.43 Å². The molecule has 1 heterocycles. The van der Waals surface area contributed by atoms with Crippen molar-refractivity contribution in [2.75, 3.05) is 0 Å². The summed E-state index contributed by atoms with van der Waals surface area (Å²) in [4.78, 5) is 12.5. The molecule has 1 amide bonds. The van der Waals surface area contributed by atoms with Gasteiger partial charge in [-0.25, -0.2) is 5.43 Å². The Labute approximate surface area is 205 Å². The molecule has 172 valence electrons. The number of aromatic nitrogens is 1. The average Bonchev–Trinajstić information content (AvgIpc) is 3.13. The summed E-state index contributed by atoms with van der Waals surface area (Å²) >= 11 is 1.86. The maximum atomic E-state index is 12.5. The molecule has 4 rings (SSSR count). The molecule has 4 aromatic rings. The molecule has 0 atom stereocenters. The Kier molecular flexibility index (Phi) is 7.65. The van der Waals surface area contributed by atoms with Gasteiger partial charge >= 0.3 is 0 Å². The van der Waals surface area contributed by atoms with E-state index in [2.05, 4.69) is 90.5 Å². The maximum absolute atomic E-state index is 12.5. The van der Waals surface area contributed by atoms with Gasteiger partial charge < -0.3 is 4.57 Å². The number of hydrogen-bond donors (Lipinski definition) is 1. The minimum Gasteiger partial charge on any atom is -0.318 e. The van der Waals surface area contributed by atoms with Gasteiger partial charge in [-0.15, -0.1) is 0 Å². The highest BCUT2D eigenvalue weighted by atomic mass is 32.2. The van der Waals surface area contributed by atoms with E-state index in [9.17, 15) is 4.79 Å². The lowest BCUT2D eigenvalue weighted by atomic mass is 10.1. The fourth-order valence-corrected chi connectivity index (χ4v) is 4.81. The predicted octanol–water partition coefficient (Wildman–Crippen LogP) is 6.60. The maximum Gasteiger partial charge on any atom is 0.271 e. The van der Waals surface area contributed by atoms with Crippen molar-refractivity contribution in [2.45, 2.75) is 32.3 Å². The molecule has 1 N–H and O–H groups in total. The van der Waals surface area contributed by atoms with Crippen molar-refractivity contribution in [1.82, 2.24) is 9.99 Å². The highest BCUT2D eigenvalue weighted by molar-refractivity contribution is 7.97. The van der Waals surface area contributed by atoms with Crippen molar-refractivity contribution in [3.63, 3.8) is 0 Å². The Morgan fingerprint density at radius 2 is 1.53 bits per heavy atom. The molecular formula is C29H29N3OS. The number of amides is 1. The second-order valence-electron chi connectivity index (χ2n) is 8.37. The molecule has 0 aliphatic carbocycles. The second-order valence-corrected chi connectivity index (χ2v) is 9.36. The number of hydrazone groups is 1. The highest BCUT2D eigenvalue weighted by Gasteiger charge is 2.10. The topological polar surface area (TPSA) is 46.4 Å². The molecule has 0 bridgehead atoms. The summed E-state index contributed by atoms with van der Waals surface area (Å²) in [6, 6.07) is 28.7. The first-order valence-electron chi connectivity index (χ1n) is 11.3. The van der Waals surface area contributed by atoms with Crippen molar-refractivity contribution in [3.8, 4) is 5.69 Å². The van der Waals surface area contributed by atoms with Crippen LogP contribution in [0.3, 0.4) is 0 Å².